The number of carbonyl (C=O) groups excluding carboxylic acids is 1. The molecule has 2 aliphatic rings. The first kappa shape index (κ1) is 16.6. The molecule has 8 heteroatoms. The molecule has 128 valence electrons. The number of rotatable bonds is 3. The van der Waals surface area contributed by atoms with E-state index in [-0.39, 0.29) is 18.0 Å². The van der Waals surface area contributed by atoms with E-state index in [1.807, 2.05) is 6.92 Å². The normalized spacial score (nSPS) is 25.0. The third-order valence-corrected chi connectivity index (χ3v) is 4.37. The quantitative estimate of drug-likeness (QED) is 0.598. The number of hydrogen-bond donors (Lipinski definition) is 0. The van der Waals surface area contributed by atoms with Gasteiger partial charge in [-0.1, -0.05) is 6.07 Å². The van der Waals surface area contributed by atoms with Gasteiger partial charge >= 0.3 is 5.97 Å². The minimum Gasteiger partial charge on any atom is -0.465 e. The molecular weight excluding hydrogens is 322 g/mol. The van der Waals surface area contributed by atoms with Gasteiger partial charge in [0.25, 0.3) is 6.23 Å². The lowest BCUT2D eigenvalue weighted by Crippen LogP contribution is -2.43. The maximum Gasteiger partial charge on any atom is 0.370 e. The molecule has 2 heterocycles. The van der Waals surface area contributed by atoms with Gasteiger partial charge in [0.15, 0.2) is 6.19 Å². The van der Waals surface area contributed by atoms with Crippen LogP contribution in [0.2, 0.25) is 0 Å². The van der Waals surface area contributed by atoms with Crippen molar-refractivity contribution >= 4 is 11.9 Å². The Morgan fingerprint density at radius 1 is 1.44 bits per heavy atom. The van der Waals surface area contributed by atoms with Crippen LogP contribution in [-0.2, 0) is 14.3 Å². The molecule has 0 spiro atoms. The minimum atomic E-state index is -0.999. The van der Waals surface area contributed by atoms with Gasteiger partial charge in [-0.15, -0.1) is 5.10 Å². The fraction of sp³-hybridized carbons (Fsp3) is 0.412. The summed E-state index contributed by atoms with van der Waals surface area (Å²) >= 11 is 0. The van der Waals surface area contributed by atoms with Crippen LogP contribution in [0.3, 0.4) is 0 Å². The Labute approximate surface area is 145 Å². The number of ether oxygens (including phenoxy) is 2. The molecule has 3 rings (SSSR count). The number of carbonyl (C=O) groups is 1. The van der Waals surface area contributed by atoms with Gasteiger partial charge in [-0.25, -0.2) is 9.80 Å². The van der Waals surface area contributed by atoms with E-state index in [2.05, 4.69) is 17.4 Å². The number of nitrogens with zero attached hydrogens (tertiary/aromatic N) is 5. The van der Waals surface area contributed by atoms with Gasteiger partial charge in [0.1, 0.15) is 0 Å². The van der Waals surface area contributed by atoms with Crippen LogP contribution in [-0.4, -0.2) is 53.7 Å². The fourth-order valence-electron chi connectivity index (χ4n) is 3.05. The molecule has 8 nitrogen and oxygen atoms in total. The highest BCUT2D eigenvalue weighted by molar-refractivity contribution is 5.97. The van der Waals surface area contributed by atoms with E-state index < -0.39 is 12.2 Å². The van der Waals surface area contributed by atoms with Crippen LogP contribution in [0.25, 0.3) is 0 Å². The number of benzene rings is 1. The summed E-state index contributed by atoms with van der Waals surface area (Å²) in [5.41, 5.74) is 1.08. The third-order valence-electron chi connectivity index (χ3n) is 4.37. The maximum absolute atomic E-state index is 12.1. The largest absolute Gasteiger partial charge is 0.465 e. The van der Waals surface area contributed by atoms with Crippen LogP contribution < -0.4 is 0 Å². The summed E-state index contributed by atoms with van der Waals surface area (Å²) in [5, 5.41) is 24.2. The monoisotopic (exact) mass is 339 g/mol. The van der Waals surface area contributed by atoms with Gasteiger partial charge in [-0.2, -0.15) is 10.5 Å². The molecule has 1 unspecified atom stereocenters. The third kappa shape index (κ3) is 3.07. The molecule has 0 saturated carbocycles. The summed E-state index contributed by atoms with van der Waals surface area (Å²) in [7, 11) is 1.29. The van der Waals surface area contributed by atoms with E-state index in [9.17, 15) is 10.1 Å². The molecule has 1 aromatic carbocycles. The summed E-state index contributed by atoms with van der Waals surface area (Å²) in [6.07, 6.45) is 1.83. The lowest BCUT2D eigenvalue weighted by atomic mass is 10.1. The van der Waals surface area contributed by atoms with Crippen molar-refractivity contribution in [1.29, 1.82) is 10.5 Å². The lowest BCUT2D eigenvalue weighted by Gasteiger charge is -2.25. The van der Waals surface area contributed by atoms with E-state index in [0.717, 1.165) is 0 Å². The second-order valence-corrected chi connectivity index (χ2v) is 5.96. The van der Waals surface area contributed by atoms with Crippen molar-refractivity contribution in [2.45, 2.75) is 31.7 Å². The molecule has 0 aliphatic carbocycles. The minimum absolute atomic E-state index is 0.0643. The van der Waals surface area contributed by atoms with E-state index in [1.54, 1.807) is 34.2 Å². The first-order valence-electron chi connectivity index (χ1n) is 7.85. The Kier molecular flexibility index (Phi) is 4.44. The van der Waals surface area contributed by atoms with Gasteiger partial charge in [0, 0.05) is 11.6 Å². The number of likely N-dealkylation sites (tertiary alicyclic amines) is 1. The number of hydrazone groups is 1. The zero-order valence-electron chi connectivity index (χ0n) is 13.9. The molecule has 1 saturated heterocycles. The highest BCUT2D eigenvalue weighted by Gasteiger charge is 2.43. The Morgan fingerprint density at radius 3 is 2.88 bits per heavy atom. The lowest BCUT2D eigenvalue weighted by molar-refractivity contribution is -0.158. The van der Waals surface area contributed by atoms with Gasteiger partial charge in [0.05, 0.1) is 31.3 Å². The molecule has 0 N–H and O–H groups in total. The van der Waals surface area contributed by atoms with Crippen molar-refractivity contribution in [3.63, 3.8) is 0 Å². The highest BCUT2D eigenvalue weighted by atomic mass is 16.6. The Balaban J connectivity index is 1.90. The van der Waals surface area contributed by atoms with Crippen molar-refractivity contribution in [1.82, 2.24) is 9.91 Å². The van der Waals surface area contributed by atoms with Crippen molar-refractivity contribution in [3.05, 3.63) is 35.4 Å². The molecule has 3 atom stereocenters. The van der Waals surface area contributed by atoms with E-state index in [0.29, 0.717) is 24.1 Å². The predicted molar refractivity (Wildman–Crippen MR) is 86.6 cm³/mol. The van der Waals surface area contributed by atoms with E-state index in [4.69, 9.17) is 14.7 Å². The van der Waals surface area contributed by atoms with Crippen LogP contribution >= 0.6 is 0 Å². The van der Waals surface area contributed by atoms with Crippen LogP contribution in [0.4, 0.5) is 0 Å². The zero-order valence-corrected chi connectivity index (χ0v) is 13.9. The van der Waals surface area contributed by atoms with Gasteiger partial charge in [-0.3, -0.25) is 0 Å². The van der Waals surface area contributed by atoms with Crippen molar-refractivity contribution in [2.24, 2.45) is 5.10 Å². The Hall–Kier alpha value is -3.26. The summed E-state index contributed by atoms with van der Waals surface area (Å²) in [6, 6.07) is 8.80. The average molecular weight is 339 g/mol. The Morgan fingerprint density at radius 2 is 2.24 bits per heavy atom. The fourth-order valence-corrected chi connectivity index (χ4v) is 3.05. The van der Waals surface area contributed by atoms with Crippen LogP contribution in [0.5, 0.6) is 0 Å². The summed E-state index contributed by atoms with van der Waals surface area (Å²) in [4.78, 5) is 13.8. The number of hydrogen-bond acceptors (Lipinski definition) is 8. The second-order valence-electron chi connectivity index (χ2n) is 5.96. The van der Waals surface area contributed by atoms with Crippen LogP contribution in [0.1, 0.15) is 24.5 Å². The molecule has 0 aromatic heterocycles. The molecule has 1 aromatic rings. The predicted octanol–water partition coefficient (Wildman–Crippen LogP) is 0.995. The smallest absolute Gasteiger partial charge is 0.370 e. The first-order valence-corrected chi connectivity index (χ1v) is 7.85. The highest BCUT2D eigenvalue weighted by Crippen LogP contribution is 2.28. The standard InChI is InChI=1S/C17H17N5O3/c1-11-6-14(9-21(11)10-19)22-16(17(23)24-2)25-15(20-22)13-5-3-4-12(7-13)8-18/h3-5,7,11,14,16H,6,9H2,1-2H3/t11-,14-,16?/m1/s1. The molecule has 1 fully saturated rings. The van der Waals surface area contributed by atoms with Crippen molar-refractivity contribution < 1.29 is 14.3 Å². The maximum atomic E-state index is 12.1. The van der Waals surface area contributed by atoms with E-state index in [1.165, 1.54) is 7.11 Å². The van der Waals surface area contributed by atoms with Crippen molar-refractivity contribution in [2.75, 3.05) is 13.7 Å². The SMILES string of the molecule is COC(=O)C1OC(c2cccc(C#N)c2)=NN1[C@@H]1C[C@@H](C)N(C#N)C1. The molecular formula is C17H17N5O3. The summed E-state index contributed by atoms with van der Waals surface area (Å²) in [6.45, 7) is 2.41. The number of nitriles is 2. The topological polar surface area (TPSA) is 102 Å². The van der Waals surface area contributed by atoms with Gasteiger partial charge < -0.3 is 14.4 Å². The summed E-state index contributed by atoms with van der Waals surface area (Å²) < 4.78 is 10.5. The molecule has 2 aliphatic heterocycles. The van der Waals surface area contributed by atoms with Crippen molar-refractivity contribution in [3.8, 4) is 12.3 Å². The molecule has 0 radical (unpaired) electrons. The van der Waals surface area contributed by atoms with E-state index >= 15 is 0 Å². The number of methoxy groups -OCH3 is 1. The number of esters is 1. The first-order chi connectivity index (χ1) is 12.1. The van der Waals surface area contributed by atoms with Crippen LogP contribution in [0.15, 0.2) is 29.4 Å². The molecule has 0 amide bonds. The van der Waals surface area contributed by atoms with Gasteiger partial charge in [-0.05, 0) is 31.5 Å². The summed E-state index contributed by atoms with van der Waals surface area (Å²) in [5.74, 6) is -0.297. The Bertz CT molecular complexity index is 794. The molecule has 0 bridgehead atoms. The zero-order chi connectivity index (χ0) is 18.0. The van der Waals surface area contributed by atoms with Gasteiger partial charge in [0.2, 0.25) is 5.90 Å². The average Bonchev–Trinajstić information content (AvgIpc) is 3.24. The molecule has 25 heavy (non-hydrogen) atoms. The van der Waals surface area contributed by atoms with Crippen LogP contribution in [0, 0.1) is 22.8 Å². The second kappa shape index (κ2) is 6.70.